The number of hydrogen-bond acceptors (Lipinski definition) is 5. The number of ether oxygens (including phenoxy) is 2. The van der Waals surface area contributed by atoms with E-state index in [9.17, 15) is 0 Å². The molecule has 2 aliphatic heterocycles. The third-order valence-corrected chi connectivity index (χ3v) is 5.01. The number of hydrogen-bond donors (Lipinski definition) is 1. The highest BCUT2D eigenvalue weighted by Gasteiger charge is 2.30. The van der Waals surface area contributed by atoms with E-state index >= 15 is 0 Å². The number of benzene rings is 1. The highest BCUT2D eigenvalue weighted by molar-refractivity contribution is 6.30. The number of nitrogens with one attached hydrogen (secondary N) is 1. The largest absolute Gasteiger partial charge is 0.346 e. The average Bonchev–Trinajstić information content (AvgIpc) is 3.28. The Balaban J connectivity index is 1.26. The normalized spacial score (nSPS) is 26.0. The van der Waals surface area contributed by atoms with Gasteiger partial charge in [-0.3, -0.25) is 5.10 Å². The van der Waals surface area contributed by atoms with Crippen LogP contribution in [0.4, 0.5) is 0 Å². The van der Waals surface area contributed by atoms with E-state index in [1.165, 1.54) is 0 Å². The van der Waals surface area contributed by atoms with Crippen molar-refractivity contribution in [3.63, 3.8) is 0 Å². The molecule has 6 nitrogen and oxygen atoms in total. The van der Waals surface area contributed by atoms with E-state index < -0.39 is 0 Å². The monoisotopic (exact) mass is 348 g/mol. The van der Waals surface area contributed by atoms with Crippen molar-refractivity contribution in [1.82, 2.24) is 20.1 Å². The molecule has 0 spiro atoms. The fraction of sp³-hybridized carbons (Fsp3) is 0.529. The van der Waals surface area contributed by atoms with E-state index in [-0.39, 0.29) is 12.4 Å². The van der Waals surface area contributed by atoms with E-state index in [0.29, 0.717) is 12.5 Å². The van der Waals surface area contributed by atoms with Crippen LogP contribution < -0.4 is 0 Å². The van der Waals surface area contributed by atoms with Crippen molar-refractivity contribution in [2.24, 2.45) is 0 Å². The Morgan fingerprint density at radius 1 is 1.21 bits per heavy atom. The molecule has 0 aliphatic carbocycles. The molecule has 2 aromatic rings. The summed E-state index contributed by atoms with van der Waals surface area (Å²) in [6, 6.07) is 7.65. The first-order chi connectivity index (χ1) is 11.8. The lowest BCUT2D eigenvalue weighted by atomic mass is 9.96. The summed E-state index contributed by atoms with van der Waals surface area (Å²) in [7, 11) is 0. The Morgan fingerprint density at radius 3 is 2.71 bits per heavy atom. The predicted octanol–water partition coefficient (Wildman–Crippen LogP) is 2.75. The van der Waals surface area contributed by atoms with Gasteiger partial charge in [-0.25, -0.2) is 4.98 Å². The molecule has 2 atom stereocenters. The standard InChI is InChI=1S/C17H21ClN4O2/c18-14-3-1-13(2-4-14)17-23-10-15(24-17)9-22-7-5-12(6-8-22)16-19-11-20-21-16/h1-4,11-12,15,17H,5-10H2,(H,19,20,21)/t15-,17+/m0/s1. The summed E-state index contributed by atoms with van der Waals surface area (Å²) >= 11 is 5.93. The highest BCUT2D eigenvalue weighted by Crippen LogP contribution is 2.30. The molecule has 0 radical (unpaired) electrons. The molecule has 1 aromatic heterocycles. The van der Waals surface area contributed by atoms with Crippen molar-refractivity contribution in [2.75, 3.05) is 26.2 Å². The van der Waals surface area contributed by atoms with E-state index in [0.717, 1.165) is 48.9 Å². The SMILES string of the molecule is Clc1ccc([C@@H]2OC[C@H](CN3CCC(c4ncn[nH]4)CC3)O2)cc1. The lowest BCUT2D eigenvalue weighted by Gasteiger charge is -2.32. The first-order valence-corrected chi connectivity index (χ1v) is 8.76. The van der Waals surface area contributed by atoms with Gasteiger partial charge in [0.2, 0.25) is 0 Å². The first-order valence-electron chi connectivity index (χ1n) is 8.38. The zero-order valence-corrected chi connectivity index (χ0v) is 14.2. The molecule has 4 rings (SSSR count). The van der Waals surface area contributed by atoms with Crippen LogP contribution in [0.25, 0.3) is 0 Å². The van der Waals surface area contributed by atoms with Gasteiger partial charge in [0.25, 0.3) is 0 Å². The van der Waals surface area contributed by atoms with Crippen LogP contribution >= 0.6 is 11.6 Å². The number of aromatic nitrogens is 3. The third-order valence-electron chi connectivity index (χ3n) is 4.76. The van der Waals surface area contributed by atoms with Crippen molar-refractivity contribution >= 4 is 11.6 Å². The summed E-state index contributed by atoms with van der Waals surface area (Å²) in [4.78, 5) is 6.73. The van der Waals surface area contributed by atoms with Crippen LogP contribution in [0.2, 0.25) is 5.02 Å². The second-order valence-electron chi connectivity index (χ2n) is 6.42. The van der Waals surface area contributed by atoms with E-state index in [4.69, 9.17) is 21.1 Å². The molecule has 1 N–H and O–H groups in total. The Hall–Kier alpha value is -1.47. The minimum absolute atomic E-state index is 0.118. The van der Waals surface area contributed by atoms with Gasteiger partial charge in [0.1, 0.15) is 12.2 Å². The fourth-order valence-corrected chi connectivity index (χ4v) is 3.55. The number of piperidine rings is 1. The van der Waals surface area contributed by atoms with Crippen LogP contribution in [-0.2, 0) is 9.47 Å². The minimum Gasteiger partial charge on any atom is -0.346 e. The number of rotatable bonds is 4. The maximum atomic E-state index is 6.05. The summed E-state index contributed by atoms with van der Waals surface area (Å²) < 4.78 is 11.9. The lowest BCUT2D eigenvalue weighted by molar-refractivity contribution is -0.0650. The molecule has 7 heteroatoms. The lowest BCUT2D eigenvalue weighted by Crippen LogP contribution is -2.39. The van der Waals surface area contributed by atoms with Crippen LogP contribution in [-0.4, -0.2) is 52.4 Å². The summed E-state index contributed by atoms with van der Waals surface area (Å²) in [5.74, 6) is 1.50. The fourth-order valence-electron chi connectivity index (χ4n) is 3.43. The number of aromatic amines is 1. The second-order valence-corrected chi connectivity index (χ2v) is 6.86. The second kappa shape index (κ2) is 7.19. The molecule has 128 valence electrons. The van der Waals surface area contributed by atoms with Gasteiger partial charge < -0.3 is 14.4 Å². The topological polar surface area (TPSA) is 63.3 Å². The van der Waals surface area contributed by atoms with Crippen molar-refractivity contribution < 1.29 is 9.47 Å². The minimum atomic E-state index is -0.279. The zero-order chi connectivity index (χ0) is 16.4. The molecule has 1 aromatic carbocycles. The summed E-state index contributed by atoms with van der Waals surface area (Å²) in [6.45, 7) is 3.65. The predicted molar refractivity (Wildman–Crippen MR) is 89.8 cm³/mol. The van der Waals surface area contributed by atoms with Gasteiger partial charge in [-0.2, -0.15) is 5.10 Å². The zero-order valence-electron chi connectivity index (χ0n) is 13.4. The maximum absolute atomic E-state index is 6.05. The van der Waals surface area contributed by atoms with Crippen molar-refractivity contribution in [3.8, 4) is 0 Å². The molecule has 2 fully saturated rings. The molecule has 0 bridgehead atoms. The van der Waals surface area contributed by atoms with Gasteiger partial charge in [0.05, 0.1) is 12.7 Å². The molecular weight excluding hydrogens is 328 g/mol. The van der Waals surface area contributed by atoms with Gasteiger partial charge in [-0.05, 0) is 38.1 Å². The highest BCUT2D eigenvalue weighted by atomic mass is 35.5. The number of nitrogens with zero attached hydrogens (tertiary/aromatic N) is 3. The van der Waals surface area contributed by atoms with Crippen molar-refractivity contribution in [3.05, 3.63) is 47.0 Å². The Bertz CT molecular complexity index is 641. The summed E-state index contributed by atoms with van der Waals surface area (Å²) in [5, 5.41) is 7.66. The quantitative estimate of drug-likeness (QED) is 0.920. The molecule has 0 amide bonds. The van der Waals surface area contributed by atoms with Gasteiger partial charge in [0.15, 0.2) is 6.29 Å². The van der Waals surface area contributed by atoms with E-state index in [2.05, 4.69) is 20.1 Å². The molecule has 2 aliphatic rings. The first kappa shape index (κ1) is 16.0. The van der Waals surface area contributed by atoms with Crippen LogP contribution in [0.1, 0.15) is 36.4 Å². The van der Waals surface area contributed by atoms with Crippen LogP contribution in [0, 0.1) is 0 Å². The van der Waals surface area contributed by atoms with Crippen molar-refractivity contribution in [2.45, 2.75) is 31.2 Å². The number of halogens is 1. The summed E-state index contributed by atoms with van der Waals surface area (Å²) in [6.07, 6.45) is 3.63. The molecular formula is C17H21ClN4O2. The smallest absolute Gasteiger partial charge is 0.184 e. The van der Waals surface area contributed by atoms with Crippen LogP contribution in [0.3, 0.4) is 0 Å². The Kier molecular flexibility index (Phi) is 4.80. The molecule has 2 saturated heterocycles. The molecule has 0 saturated carbocycles. The molecule has 3 heterocycles. The Morgan fingerprint density at radius 2 is 2.00 bits per heavy atom. The number of likely N-dealkylation sites (tertiary alicyclic amines) is 1. The molecule has 24 heavy (non-hydrogen) atoms. The Labute approximate surface area is 146 Å². The van der Waals surface area contributed by atoms with Gasteiger partial charge in [-0.15, -0.1) is 0 Å². The number of H-pyrrole nitrogens is 1. The van der Waals surface area contributed by atoms with Gasteiger partial charge in [0, 0.05) is 23.0 Å². The maximum Gasteiger partial charge on any atom is 0.184 e. The van der Waals surface area contributed by atoms with Crippen molar-refractivity contribution in [1.29, 1.82) is 0 Å². The average molecular weight is 349 g/mol. The van der Waals surface area contributed by atoms with E-state index in [1.807, 2.05) is 24.3 Å². The van der Waals surface area contributed by atoms with E-state index in [1.54, 1.807) is 6.33 Å². The van der Waals surface area contributed by atoms with Gasteiger partial charge in [-0.1, -0.05) is 23.7 Å². The summed E-state index contributed by atoms with van der Waals surface area (Å²) in [5.41, 5.74) is 1.02. The van der Waals surface area contributed by atoms with Crippen LogP contribution in [0.15, 0.2) is 30.6 Å². The van der Waals surface area contributed by atoms with Gasteiger partial charge >= 0.3 is 0 Å². The van der Waals surface area contributed by atoms with Crippen LogP contribution in [0.5, 0.6) is 0 Å². The third kappa shape index (κ3) is 3.62. The molecule has 0 unspecified atom stereocenters.